The van der Waals surface area contributed by atoms with Crippen LogP contribution in [0.5, 0.6) is 0 Å². The molecule has 1 heterocycles. The molecule has 0 unspecified atom stereocenters. The van der Waals surface area contributed by atoms with Crippen LogP contribution in [0.3, 0.4) is 0 Å². The molecule has 0 fully saturated rings. The summed E-state index contributed by atoms with van der Waals surface area (Å²) in [5, 5.41) is 0. The van der Waals surface area contributed by atoms with Gasteiger partial charge < -0.3 is 0 Å². The number of fused-ring (bicyclic) bond motifs is 1. The van der Waals surface area contributed by atoms with Gasteiger partial charge in [0.05, 0.1) is 5.69 Å². The van der Waals surface area contributed by atoms with Gasteiger partial charge in [-0.05, 0) is 61.4 Å². The molecule has 0 N–H and O–H groups in total. The van der Waals surface area contributed by atoms with E-state index in [0.29, 0.717) is 0 Å². The predicted molar refractivity (Wildman–Crippen MR) is 70.8 cm³/mol. The summed E-state index contributed by atoms with van der Waals surface area (Å²) in [6, 6.07) is 10.9. The average Bonchev–Trinajstić information content (AvgIpc) is 2.39. The lowest BCUT2D eigenvalue weighted by Crippen LogP contribution is -2.00. The number of benzene rings is 1. The molecule has 2 aromatic rings. The van der Waals surface area contributed by atoms with Crippen molar-refractivity contribution in [1.29, 1.82) is 0 Å². The Morgan fingerprint density at radius 2 is 2.06 bits per heavy atom. The van der Waals surface area contributed by atoms with E-state index in [2.05, 4.69) is 48.7 Å². The Morgan fingerprint density at radius 1 is 1.12 bits per heavy atom. The van der Waals surface area contributed by atoms with Crippen molar-refractivity contribution in [3.05, 3.63) is 59.6 Å². The summed E-state index contributed by atoms with van der Waals surface area (Å²) in [5.41, 5.74) is 6.38. The molecule has 0 amide bonds. The first-order chi connectivity index (χ1) is 8.33. The van der Waals surface area contributed by atoms with Crippen LogP contribution in [-0.2, 0) is 6.42 Å². The van der Waals surface area contributed by atoms with Crippen molar-refractivity contribution in [2.45, 2.75) is 26.2 Å². The smallest absolute Gasteiger partial charge is 0.0702 e. The molecule has 1 heteroatoms. The highest BCUT2D eigenvalue weighted by atomic mass is 14.7. The van der Waals surface area contributed by atoms with Crippen LogP contribution in [0.1, 0.15) is 29.5 Å². The van der Waals surface area contributed by atoms with Gasteiger partial charge in [-0.2, -0.15) is 0 Å². The van der Waals surface area contributed by atoms with Crippen LogP contribution in [0.2, 0.25) is 0 Å². The van der Waals surface area contributed by atoms with Crippen molar-refractivity contribution in [3.63, 3.8) is 0 Å². The average molecular weight is 222 g/mol. The van der Waals surface area contributed by atoms with Crippen LogP contribution in [-0.4, -0.2) is 4.98 Å². The van der Waals surface area contributed by atoms with Gasteiger partial charge in [-0.15, -0.1) is 0 Å². The van der Waals surface area contributed by atoms with Crippen LogP contribution in [0.15, 0.2) is 36.5 Å². The zero-order valence-corrected chi connectivity index (χ0v) is 10.1. The van der Waals surface area contributed by atoms with E-state index in [1.165, 1.54) is 41.5 Å². The molecule has 0 spiro atoms. The van der Waals surface area contributed by atoms with Crippen LogP contribution in [0.4, 0.5) is 0 Å². The summed E-state index contributed by atoms with van der Waals surface area (Å²) in [6.07, 6.45) is 7.98. The summed E-state index contributed by atoms with van der Waals surface area (Å²) in [7, 11) is 0. The zero-order chi connectivity index (χ0) is 11.7. The van der Waals surface area contributed by atoms with E-state index < -0.39 is 0 Å². The number of hydrogen-bond acceptors (Lipinski definition) is 1. The van der Waals surface area contributed by atoms with Crippen LogP contribution in [0.25, 0.3) is 11.3 Å². The standard InChI is InChI=1S/C16H16N/c1-12-6-9-16(17-11-12)15-8-7-13-4-2-3-5-14(13)10-15/h5-11H,2-4H2,1H3. The molecule has 0 aliphatic heterocycles. The van der Waals surface area contributed by atoms with E-state index in [1.54, 1.807) is 0 Å². The second kappa shape index (κ2) is 4.33. The molecule has 3 rings (SSSR count). The van der Waals surface area contributed by atoms with E-state index in [4.69, 9.17) is 0 Å². The van der Waals surface area contributed by atoms with Crippen LogP contribution in [0, 0.1) is 13.3 Å². The molecule has 1 aliphatic rings. The van der Waals surface area contributed by atoms with E-state index in [9.17, 15) is 0 Å². The van der Waals surface area contributed by atoms with E-state index >= 15 is 0 Å². The lowest BCUT2D eigenvalue weighted by molar-refractivity contribution is 0.775. The summed E-state index contributed by atoms with van der Waals surface area (Å²) in [4.78, 5) is 4.48. The first-order valence-corrected chi connectivity index (χ1v) is 6.22. The zero-order valence-electron chi connectivity index (χ0n) is 10.1. The maximum absolute atomic E-state index is 4.48. The van der Waals surface area contributed by atoms with Gasteiger partial charge in [-0.3, -0.25) is 4.98 Å². The second-order valence-corrected chi connectivity index (χ2v) is 4.73. The Morgan fingerprint density at radius 3 is 2.88 bits per heavy atom. The van der Waals surface area contributed by atoms with Crippen molar-refractivity contribution in [2.24, 2.45) is 0 Å². The minimum absolute atomic E-state index is 1.07. The van der Waals surface area contributed by atoms with Crippen molar-refractivity contribution < 1.29 is 0 Å². The number of aromatic nitrogens is 1. The number of nitrogens with zero attached hydrogens (tertiary/aromatic N) is 1. The van der Waals surface area contributed by atoms with Gasteiger partial charge in [0, 0.05) is 11.8 Å². The molecule has 17 heavy (non-hydrogen) atoms. The minimum atomic E-state index is 1.07. The first-order valence-electron chi connectivity index (χ1n) is 6.22. The third-order valence-corrected chi connectivity index (χ3v) is 3.37. The maximum Gasteiger partial charge on any atom is 0.0702 e. The molecule has 1 aliphatic carbocycles. The molecule has 85 valence electrons. The Hall–Kier alpha value is -1.63. The Kier molecular flexibility index (Phi) is 2.68. The summed E-state index contributed by atoms with van der Waals surface area (Å²) in [6.45, 7) is 2.07. The van der Waals surface area contributed by atoms with Gasteiger partial charge in [0.25, 0.3) is 0 Å². The third-order valence-electron chi connectivity index (χ3n) is 3.37. The highest BCUT2D eigenvalue weighted by Gasteiger charge is 2.10. The summed E-state index contributed by atoms with van der Waals surface area (Å²) in [5.74, 6) is 0. The Balaban J connectivity index is 2.01. The molecule has 0 saturated heterocycles. The quantitative estimate of drug-likeness (QED) is 0.712. The van der Waals surface area contributed by atoms with Gasteiger partial charge in [0.2, 0.25) is 0 Å². The van der Waals surface area contributed by atoms with Gasteiger partial charge >= 0.3 is 0 Å². The highest BCUT2D eigenvalue weighted by Crippen LogP contribution is 2.27. The Bertz CT molecular complexity index is 526. The molecule has 0 bridgehead atoms. The van der Waals surface area contributed by atoms with Crippen LogP contribution < -0.4 is 0 Å². The van der Waals surface area contributed by atoms with Gasteiger partial charge in [0.1, 0.15) is 0 Å². The van der Waals surface area contributed by atoms with E-state index in [1.807, 2.05) is 6.20 Å². The number of rotatable bonds is 1. The SMILES string of the molecule is Cc1ccc(-c2ccc3c(c2)[CH]CCC3)nc1. The number of aryl methyl sites for hydroxylation is 2. The van der Waals surface area contributed by atoms with Crippen molar-refractivity contribution in [2.75, 3.05) is 0 Å². The third kappa shape index (κ3) is 2.10. The van der Waals surface area contributed by atoms with Gasteiger partial charge in [-0.1, -0.05) is 18.2 Å². The van der Waals surface area contributed by atoms with E-state index in [0.717, 1.165) is 5.69 Å². The van der Waals surface area contributed by atoms with Gasteiger partial charge in [0.15, 0.2) is 0 Å². The maximum atomic E-state index is 4.48. The first kappa shape index (κ1) is 10.5. The summed E-state index contributed by atoms with van der Waals surface area (Å²) >= 11 is 0. The van der Waals surface area contributed by atoms with Gasteiger partial charge in [-0.25, -0.2) is 0 Å². The molecule has 1 aromatic carbocycles. The van der Waals surface area contributed by atoms with Crippen molar-refractivity contribution in [1.82, 2.24) is 4.98 Å². The molecular formula is C16H16N. The minimum Gasteiger partial charge on any atom is -0.256 e. The second-order valence-electron chi connectivity index (χ2n) is 4.73. The fraction of sp³-hybridized carbons (Fsp3) is 0.250. The molecule has 1 radical (unpaired) electrons. The molecule has 0 saturated carbocycles. The Labute approximate surface area is 103 Å². The predicted octanol–water partition coefficient (Wildman–Crippen LogP) is 3.95. The van der Waals surface area contributed by atoms with Crippen molar-refractivity contribution in [3.8, 4) is 11.3 Å². The lowest BCUT2D eigenvalue weighted by Gasteiger charge is -2.16. The van der Waals surface area contributed by atoms with Crippen LogP contribution >= 0.6 is 0 Å². The van der Waals surface area contributed by atoms with Crippen molar-refractivity contribution >= 4 is 0 Å². The fourth-order valence-electron chi connectivity index (χ4n) is 2.36. The largest absolute Gasteiger partial charge is 0.256 e. The molecule has 1 aromatic heterocycles. The number of hydrogen-bond donors (Lipinski definition) is 0. The lowest BCUT2D eigenvalue weighted by atomic mass is 9.90. The van der Waals surface area contributed by atoms with E-state index in [-0.39, 0.29) is 0 Å². The topological polar surface area (TPSA) is 12.9 Å². The normalized spacial score (nSPS) is 14.4. The molecule has 1 nitrogen and oxygen atoms in total. The fourth-order valence-corrected chi connectivity index (χ4v) is 2.36. The molecular weight excluding hydrogens is 206 g/mol. The number of pyridine rings is 1. The monoisotopic (exact) mass is 222 g/mol. The summed E-state index contributed by atoms with van der Waals surface area (Å²) < 4.78 is 0. The highest BCUT2D eigenvalue weighted by molar-refractivity contribution is 5.62. The molecule has 0 atom stereocenters.